The second kappa shape index (κ2) is 8.48. The number of hydrogen-bond donors (Lipinski definition) is 2. The topological polar surface area (TPSA) is 68.7 Å². The summed E-state index contributed by atoms with van der Waals surface area (Å²) in [6, 6.07) is 27.5. The zero-order valence-electron chi connectivity index (χ0n) is 17.8. The number of amides is 1. The molecule has 0 spiro atoms. The number of carbonyl (C=O) groups is 1. The lowest BCUT2D eigenvalue weighted by molar-refractivity contribution is -0.130. The smallest absolute Gasteiger partial charge is 0.264 e. The summed E-state index contributed by atoms with van der Waals surface area (Å²) in [5.41, 5.74) is 2.69. The van der Waals surface area contributed by atoms with E-state index >= 15 is 0 Å². The maximum absolute atomic E-state index is 13.9. The lowest BCUT2D eigenvalue weighted by Crippen LogP contribution is -2.45. The van der Waals surface area contributed by atoms with Crippen LogP contribution in [-0.4, -0.2) is 43.1 Å². The van der Waals surface area contributed by atoms with Gasteiger partial charge in [0, 0.05) is 18.8 Å². The maximum Gasteiger partial charge on any atom is 0.264 e. The number of nitrogens with one attached hydrogen (secondary N) is 2. The number of ether oxygens (including phenoxy) is 1. The van der Waals surface area contributed by atoms with Gasteiger partial charge in [-0.25, -0.2) is 0 Å². The van der Waals surface area contributed by atoms with E-state index in [1.807, 2.05) is 72.8 Å². The van der Waals surface area contributed by atoms with Gasteiger partial charge in [-0.15, -0.1) is 0 Å². The third-order valence-electron chi connectivity index (χ3n) is 6.21. The third-order valence-corrected chi connectivity index (χ3v) is 6.21. The number of morpholine rings is 1. The molecule has 0 atom stereocenters. The highest BCUT2D eigenvalue weighted by Crippen LogP contribution is 2.36. The molecule has 5 rings (SSSR count). The third kappa shape index (κ3) is 3.52. The van der Waals surface area contributed by atoms with Crippen molar-refractivity contribution in [3.05, 3.63) is 102 Å². The maximum atomic E-state index is 13.9. The molecule has 6 heteroatoms. The van der Waals surface area contributed by atoms with Gasteiger partial charge in [0.1, 0.15) is 0 Å². The Morgan fingerprint density at radius 3 is 1.97 bits per heavy atom. The van der Waals surface area contributed by atoms with Gasteiger partial charge in [0.05, 0.1) is 19.8 Å². The fourth-order valence-corrected chi connectivity index (χ4v) is 4.50. The number of guanidine groups is 1. The molecule has 2 fully saturated rings. The van der Waals surface area contributed by atoms with E-state index in [0.717, 1.165) is 48.7 Å². The van der Waals surface area contributed by atoms with Crippen LogP contribution in [0.25, 0.3) is 0 Å². The lowest BCUT2D eigenvalue weighted by Gasteiger charge is -2.29. The second-order valence-corrected chi connectivity index (χ2v) is 8.11. The molecular formula is C26H26N4O2. The van der Waals surface area contributed by atoms with E-state index in [1.165, 1.54) is 4.90 Å². The molecule has 0 aliphatic carbocycles. The zero-order chi connectivity index (χ0) is 22.0. The van der Waals surface area contributed by atoms with Crippen LogP contribution in [0.2, 0.25) is 0 Å². The number of anilines is 1. The minimum atomic E-state index is -1.10. The average molecular weight is 427 g/mol. The first kappa shape index (κ1) is 20.3. The molecule has 0 unspecified atom stereocenters. The molecule has 2 saturated heterocycles. The summed E-state index contributed by atoms with van der Waals surface area (Å²) in [5, 5.41) is 11.8. The first-order valence-electron chi connectivity index (χ1n) is 10.9. The molecule has 2 N–H and O–H groups in total. The second-order valence-electron chi connectivity index (χ2n) is 8.11. The van der Waals surface area contributed by atoms with Crippen LogP contribution in [-0.2, 0) is 21.6 Å². The Morgan fingerprint density at radius 1 is 0.844 bits per heavy atom. The van der Waals surface area contributed by atoms with Gasteiger partial charge in [-0.1, -0.05) is 72.8 Å². The van der Waals surface area contributed by atoms with E-state index < -0.39 is 5.54 Å². The van der Waals surface area contributed by atoms with Gasteiger partial charge in [0.15, 0.2) is 11.5 Å². The Kier molecular flexibility index (Phi) is 5.37. The Labute approximate surface area is 187 Å². The largest absolute Gasteiger partial charge is 0.378 e. The van der Waals surface area contributed by atoms with E-state index in [2.05, 4.69) is 22.3 Å². The number of benzene rings is 3. The van der Waals surface area contributed by atoms with Gasteiger partial charge >= 0.3 is 0 Å². The van der Waals surface area contributed by atoms with Crippen molar-refractivity contribution in [3.8, 4) is 0 Å². The Balaban J connectivity index is 1.43. The number of carbonyl (C=O) groups excluding carboxylic acids is 1. The predicted molar refractivity (Wildman–Crippen MR) is 125 cm³/mol. The summed E-state index contributed by atoms with van der Waals surface area (Å²) in [7, 11) is 0. The van der Waals surface area contributed by atoms with E-state index in [9.17, 15) is 4.79 Å². The molecule has 3 aromatic carbocycles. The minimum Gasteiger partial charge on any atom is -0.378 e. The Hall–Kier alpha value is -3.64. The Bertz CT molecular complexity index is 1050. The molecular weight excluding hydrogens is 400 g/mol. The molecule has 2 aliphatic rings. The van der Waals surface area contributed by atoms with Crippen LogP contribution in [0, 0.1) is 5.41 Å². The van der Waals surface area contributed by atoms with Crippen molar-refractivity contribution in [2.75, 3.05) is 31.2 Å². The zero-order valence-corrected chi connectivity index (χ0v) is 17.8. The van der Waals surface area contributed by atoms with Crippen molar-refractivity contribution in [2.24, 2.45) is 0 Å². The van der Waals surface area contributed by atoms with Crippen molar-refractivity contribution in [2.45, 2.75) is 12.1 Å². The van der Waals surface area contributed by atoms with Crippen LogP contribution < -0.4 is 10.2 Å². The number of rotatable bonds is 5. The van der Waals surface area contributed by atoms with Crippen molar-refractivity contribution < 1.29 is 9.53 Å². The molecule has 0 radical (unpaired) electrons. The molecule has 0 bridgehead atoms. The van der Waals surface area contributed by atoms with E-state index in [4.69, 9.17) is 10.1 Å². The number of nitrogens with zero attached hydrogens (tertiary/aromatic N) is 2. The van der Waals surface area contributed by atoms with Crippen LogP contribution >= 0.6 is 0 Å². The molecule has 162 valence electrons. The molecule has 3 aromatic rings. The highest BCUT2D eigenvalue weighted by Gasteiger charge is 2.52. The van der Waals surface area contributed by atoms with E-state index in [-0.39, 0.29) is 11.9 Å². The van der Waals surface area contributed by atoms with E-state index in [0.29, 0.717) is 6.54 Å². The monoisotopic (exact) mass is 426 g/mol. The quantitative estimate of drug-likeness (QED) is 0.657. The highest BCUT2D eigenvalue weighted by atomic mass is 16.5. The summed E-state index contributed by atoms with van der Waals surface area (Å²) in [5.74, 6) is -0.0304. The summed E-state index contributed by atoms with van der Waals surface area (Å²) in [6.45, 7) is 3.60. The summed E-state index contributed by atoms with van der Waals surface area (Å²) in [4.78, 5) is 17.7. The highest BCUT2D eigenvalue weighted by molar-refractivity contribution is 6.10. The molecule has 6 nitrogen and oxygen atoms in total. The average Bonchev–Trinajstić information content (AvgIpc) is 3.12. The van der Waals surface area contributed by atoms with Gasteiger partial charge in [0.25, 0.3) is 5.91 Å². The van der Waals surface area contributed by atoms with Gasteiger partial charge in [-0.05, 0) is 28.8 Å². The fourth-order valence-electron chi connectivity index (χ4n) is 4.50. The standard InChI is InChI=1S/C26H26N4O2/c27-25-28-26(21-7-3-1-4-8-21,22-9-5-2-6-10-22)24(31)30(25)19-20-11-13-23(14-12-20)29-15-17-32-18-16-29/h1-14H,15-19H2,(H2,27,28). The van der Waals surface area contributed by atoms with Gasteiger partial charge in [-0.3, -0.25) is 15.1 Å². The van der Waals surface area contributed by atoms with Crippen molar-refractivity contribution in [3.63, 3.8) is 0 Å². The predicted octanol–water partition coefficient (Wildman–Crippen LogP) is 3.33. The summed E-state index contributed by atoms with van der Waals surface area (Å²) in [6.07, 6.45) is 0. The molecule has 2 heterocycles. The van der Waals surface area contributed by atoms with E-state index in [1.54, 1.807) is 0 Å². The SMILES string of the molecule is N=C1NC(c2ccccc2)(c2ccccc2)C(=O)N1Cc1ccc(N2CCOCC2)cc1. The fraction of sp³-hybridized carbons (Fsp3) is 0.231. The first-order chi connectivity index (χ1) is 15.7. The van der Waals surface area contributed by atoms with Crippen molar-refractivity contribution in [1.82, 2.24) is 10.2 Å². The molecule has 1 amide bonds. The normalized spacial score (nSPS) is 18.0. The van der Waals surface area contributed by atoms with Crippen LogP contribution in [0.4, 0.5) is 5.69 Å². The van der Waals surface area contributed by atoms with Gasteiger partial charge in [-0.2, -0.15) is 0 Å². The van der Waals surface area contributed by atoms with Gasteiger partial charge in [0.2, 0.25) is 0 Å². The van der Waals surface area contributed by atoms with Crippen LogP contribution in [0.3, 0.4) is 0 Å². The molecule has 32 heavy (non-hydrogen) atoms. The van der Waals surface area contributed by atoms with Crippen LogP contribution in [0.5, 0.6) is 0 Å². The van der Waals surface area contributed by atoms with Crippen molar-refractivity contribution in [1.29, 1.82) is 5.41 Å². The minimum absolute atomic E-state index is 0.111. The van der Waals surface area contributed by atoms with Crippen molar-refractivity contribution >= 4 is 17.6 Å². The van der Waals surface area contributed by atoms with Crippen LogP contribution in [0.1, 0.15) is 16.7 Å². The van der Waals surface area contributed by atoms with Crippen LogP contribution in [0.15, 0.2) is 84.9 Å². The molecule has 2 aliphatic heterocycles. The number of hydrogen-bond acceptors (Lipinski definition) is 4. The first-order valence-corrected chi connectivity index (χ1v) is 10.9. The molecule has 0 aromatic heterocycles. The molecule has 0 saturated carbocycles. The summed E-state index contributed by atoms with van der Waals surface area (Å²) >= 11 is 0. The summed E-state index contributed by atoms with van der Waals surface area (Å²) < 4.78 is 5.43. The lowest BCUT2D eigenvalue weighted by atomic mass is 9.82. The van der Waals surface area contributed by atoms with Gasteiger partial charge < -0.3 is 15.0 Å². The Morgan fingerprint density at radius 2 is 1.41 bits per heavy atom.